The highest BCUT2D eigenvalue weighted by molar-refractivity contribution is 5.87. The van der Waals surface area contributed by atoms with Gasteiger partial charge in [0.15, 0.2) is 17.2 Å². The Morgan fingerprint density at radius 2 is 2.04 bits per heavy atom. The van der Waals surface area contributed by atoms with Gasteiger partial charge < -0.3 is 18.6 Å². The molecule has 0 atom stereocenters. The third-order valence-electron chi connectivity index (χ3n) is 3.30. The normalized spacial score (nSPS) is 10.8. The van der Waals surface area contributed by atoms with Crippen molar-refractivity contribution in [1.29, 1.82) is 0 Å². The Bertz CT molecular complexity index is 693. The van der Waals surface area contributed by atoms with Gasteiger partial charge in [0, 0.05) is 5.56 Å². The number of hydrogen-bond acceptors (Lipinski definition) is 6. The molecule has 0 amide bonds. The van der Waals surface area contributed by atoms with Gasteiger partial charge in [0.05, 0.1) is 19.3 Å². The fourth-order valence-electron chi connectivity index (χ4n) is 2.14. The molecule has 1 heterocycles. The van der Waals surface area contributed by atoms with Gasteiger partial charge in [-0.05, 0) is 45.4 Å². The van der Waals surface area contributed by atoms with E-state index in [4.69, 9.17) is 18.6 Å². The number of nitrogens with zero attached hydrogens (tertiary/aromatic N) is 1. The highest BCUT2D eigenvalue weighted by Gasteiger charge is 2.16. The minimum Gasteiger partial charge on any atom is -0.490 e. The number of hydrogen-bond donors (Lipinski definition) is 0. The van der Waals surface area contributed by atoms with Crippen molar-refractivity contribution in [2.45, 2.75) is 46.6 Å². The molecule has 0 radical (unpaired) electrons. The summed E-state index contributed by atoms with van der Waals surface area (Å²) in [4.78, 5) is 15.9. The Kier molecular flexibility index (Phi) is 6.86. The molecule has 136 valence electrons. The first kappa shape index (κ1) is 18.8. The van der Waals surface area contributed by atoms with Gasteiger partial charge >= 0.3 is 5.97 Å². The maximum absolute atomic E-state index is 11.7. The minimum atomic E-state index is -0.504. The summed E-state index contributed by atoms with van der Waals surface area (Å²) >= 11 is 0. The van der Waals surface area contributed by atoms with Crippen molar-refractivity contribution in [3.05, 3.63) is 30.2 Å². The first-order valence-electron chi connectivity index (χ1n) is 8.61. The number of rotatable bonds is 9. The van der Waals surface area contributed by atoms with E-state index >= 15 is 0 Å². The van der Waals surface area contributed by atoms with E-state index < -0.39 is 5.97 Å². The van der Waals surface area contributed by atoms with Gasteiger partial charge in [-0.1, -0.05) is 13.3 Å². The summed E-state index contributed by atoms with van der Waals surface area (Å²) in [6.07, 6.45) is 3.34. The second-order valence-corrected chi connectivity index (χ2v) is 5.79. The van der Waals surface area contributed by atoms with Gasteiger partial charge in [0.2, 0.25) is 5.89 Å². The molecule has 6 heteroatoms. The van der Waals surface area contributed by atoms with E-state index in [0.717, 1.165) is 12.8 Å². The Hall–Kier alpha value is -2.50. The van der Waals surface area contributed by atoms with Crippen molar-refractivity contribution in [3.63, 3.8) is 0 Å². The third kappa shape index (κ3) is 5.24. The Labute approximate surface area is 148 Å². The molecule has 0 aliphatic rings. The molecule has 25 heavy (non-hydrogen) atoms. The minimum absolute atomic E-state index is 0.00317. The van der Waals surface area contributed by atoms with Crippen molar-refractivity contribution >= 4 is 5.97 Å². The van der Waals surface area contributed by atoms with Gasteiger partial charge in [-0.3, -0.25) is 0 Å². The molecule has 0 unspecified atom stereocenters. The Balaban J connectivity index is 2.24. The van der Waals surface area contributed by atoms with Gasteiger partial charge in [0.1, 0.15) is 6.26 Å². The predicted octanol–water partition coefficient (Wildman–Crippen LogP) is 4.48. The molecular formula is C19H25NO5. The van der Waals surface area contributed by atoms with Crippen molar-refractivity contribution in [3.8, 4) is 23.0 Å². The van der Waals surface area contributed by atoms with Crippen LogP contribution in [0.15, 0.2) is 28.9 Å². The number of unbranched alkanes of at least 4 members (excludes halogenated alkanes) is 1. The van der Waals surface area contributed by atoms with E-state index in [1.807, 2.05) is 32.0 Å². The number of aromatic nitrogens is 1. The molecule has 2 rings (SSSR count). The van der Waals surface area contributed by atoms with E-state index in [1.54, 1.807) is 6.92 Å². The van der Waals surface area contributed by atoms with Crippen molar-refractivity contribution in [2.24, 2.45) is 0 Å². The molecule has 0 bridgehead atoms. The summed E-state index contributed by atoms with van der Waals surface area (Å²) in [5.74, 6) is 1.13. The van der Waals surface area contributed by atoms with Crippen LogP contribution in [0.4, 0.5) is 0 Å². The molecule has 2 aromatic rings. The van der Waals surface area contributed by atoms with Crippen LogP contribution in [0.5, 0.6) is 11.5 Å². The molecule has 1 aromatic heterocycles. The van der Waals surface area contributed by atoms with E-state index in [0.29, 0.717) is 29.6 Å². The van der Waals surface area contributed by atoms with E-state index in [1.165, 1.54) is 6.26 Å². The molecule has 0 spiro atoms. The predicted molar refractivity (Wildman–Crippen MR) is 94.1 cm³/mol. The van der Waals surface area contributed by atoms with Crippen molar-refractivity contribution in [1.82, 2.24) is 4.98 Å². The average molecular weight is 347 g/mol. The summed E-state index contributed by atoms with van der Waals surface area (Å²) in [6, 6.07) is 5.47. The SMILES string of the molecule is CCCCOc1ccc(-c2nc(C(=O)OCC)co2)cc1OC(C)C. The first-order chi connectivity index (χ1) is 12.0. The van der Waals surface area contributed by atoms with E-state index in [2.05, 4.69) is 11.9 Å². The summed E-state index contributed by atoms with van der Waals surface area (Å²) in [6.45, 7) is 8.68. The van der Waals surface area contributed by atoms with Crippen LogP contribution in [0.3, 0.4) is 0 Å². The maximum Gasteiger partial charge on any atom is 0.360 e. The zero-order valence-electron chi connectivity index (χ0n) is 15.2. The number of oxazole rings is 1. The largest absolute Gasteiger partial charge is 0.490 e. The molecule has 0 fully saturated rings. The Morgan fingerprint density at radius 3 is 2.72 bits per heavy atom. The lowest BCUT2D eigenvalue weighted by molar-refractivity contribution is 0.0519. The average Bonchev–Trinajstić information content (AvgIpc) is 3.06. The van der Waals surface area contributed by atoms with Crippen molar-refractivity contribution < 1.29 is 23.4 Å². The van der Waals surface area contributed by atoms with Crippen molar-refractivity contribution in [2.75, 3.05) is 13.2 Å². The summed E-state index contributed by atoms with van der Waals surface area (Å²) in [5, 5.41) is 0. The van der Waals surface area contributed by atoms with Gasteiger partial charge in [-0.2, -0.15) is 0 Å². The fraction of sp³-hybridized carbons (Fsp3) is 0.474. The summed E-state index contributed by atoms with van der Waals surface area (Å²) in [5.41, 5.74) is 0.848. The quantitative estimate of drug-likeness (QED) is 0.492. The van der Waals surface area contributed by atoms with Crippen LogP contribution in [0.25, 0.3) is 11.5 Å². The lowest BCUT2D eigenvalue weighted by Crippen LogP contribution is -2.08. The van der Waals surface area contributed by atoms with E-state index in [-0.39, 0.29) is 18.4 Å². The summed E-state index contributed by atoms with van der Waals surface area (Å²) < 4.78 is 22.0. The number of carbonyl (C=O) groups excluding carboxylic acids is 1. The molecular weight excluding hydrogens is 322 g/mol. The topological polar surface area (TPSA) is 70.8 Å². The van der Waals surface area contributed by atoms with Gasteiger partial charge in [-0.15, -0.1) is 0 Å². The maximum atomic E-state index is 11.7. The third-order valence-corrected chi connectivity index (χ3v) is 3.30. The standard InChI is InChI=1S/C19H25NO5/c1-5-7-10-23-16-9-8-14(11-17(16)25-13(3)4)18-20-15(12-24-18)19(21)22-6-2/h8-9,11-13H,5-7,10H2,1-4H3. The molecule has 0 aliphatic carbocycles. The zero-order chi connectivity index (χ0) is 18.2. The van der Waals surface area contributed by atoms with Crippen LogP contribution >= 0.6 is 0 Å². The highest BCUT2D eigenvalue weighted by atomic mass is 16.5. The smallest absolute Gasteiger partial charge is 0.360 e. The molecule has 1 aromatic carbocycles. The number of carbonyl (C=O) groups is 1. The molecule has 0 aliphatic heterocycles. The van der Waals surface area contributed by atoms with E-state index in [9.17, 15) is 4.79 Å². The van der Waals surface area contributed by atoms with Crippen LogP contribution in [0, 0.1) is 0 Å². The molecule has 0 N–H and O–H groups in total. The molecule has 6 nitrogen and oxygen atoms in total. The van der Waals surface area contributed by atoms with Crippen LogP contribution < -0.4 is 9.47 Å². The second-order valence-electron chi connectivity index (χ2n) is 5.79. The van der Waals surface area contributed by atoms with Gasteiger partial charge in [-0.25, -0.2) is 9.78 Å². The number of esters is 1. The lowest BCUT2D eigenvalue weighted by atomic mass is 10.2. The zero-order valence-corrected chi connectivity index (χ0v) is 15.2. The number of ether oxygens (including phenoxy) is 3. The van der Waals surface area contributed by atoms with Crippen LogP contribution in [-0.4, -0.2) is 30.3 Å². The molecule has 0 saturated heterocycles. The monoisotopic (exact) mass is 347 g/mol. The van der Waals surface area contributed by atoms with Crippen LogP contribution in [-0.2, 0) is 4.74 Å². The lowest BCUT2D eigenvalue weighted by Gasteiger charge is -2.15. The number of benzene rings is 1. The fourth-order valence-corrected chi connectivity index (χ4v) is 2.14. The highest BCUT2D eigenvalue weighted by Crippen LogP contribution is 2.33. The second kappa shape index (κ2) is 9.11. The van der Waals surface area contributed by atoms with Crippen LogP contribution in [0.1, 0.15) is 51.0 Å². The summed E-state index contributed by atoms with van der Waals surface area (Å²) in [7, 11) is 0. The Morgan fingerprint density at radius 1 is 1.24 bits per heavy atom. The van der Waals surface area contributed by atoms with Gasteiger partial charge in [0.25, 0.3) is 0 Å². The van der Waals surface area contributed by atoms with Crippen LogP contribution in [0.2, 0.25) is 0 Å². The molecule has 0 saturated carbocycles. The first-order valence-corrected chi connectivity index (χ1v) is 8.61.